The standard InChI is InChI=1S/C31H37O16P/c1-13-40-10-23-30(45-13)26(33)27(34)31(46-23)47-28-15-4-5-18(32)25(15)24(16-8-19-20(9-17(16)28)42-11-41-19)14-6-21(38-2)29(22(7-14)39-3)43-12-44-48(35,36)37/h6-9,13,15,23-28,30-31,33-34H,4-5,10-12H2,1-3H3,(H2,35,36,37)/p-2/t13?,15-,23+,24+,25+,26?,27?,28?,30?,31?/m0/s1. The number of ether oxygens (including phenoxy) is 9. The fourth-order valence-electron chi connectivity index (χ4n) is 7.47. The second kappa shape index (κ2) is 13.0. The maximum Gasteiger partial charge on any atom is 0.231 e. The number of hydrogen-bond donors (Lipinski definition) is 2. The molecule has 0 aromatic heterocycles. The Bertz CT molecular complexity index is 1570. The number of benzene rings is 2. The van der Waals surface area contributed by atoms with Crippen LogP contribution in [0.15, 0.2) is 24.3 Å². The lowest BCUT2D eigenvalue weighted by Crippen LogP contribution is -2.63. The Balaban J connectivity index is 1.28. The zero-order valence-electron chi connectivity index (χ0n) is 26.2. The van der Waals surface area contributed by atoms with Crippen LogP contribution in [0, 0.1) is 11.8 Å². The van der Waals surface area contributed by atoms with Gasteiger partial charge in [-0.2, -0.15) is 0 Å². The highest BCUT2D eigenvalue weighted by atomic mass is 31.2. The van der Waals surface area contributed by atoms with E-state index >= 15 is 0 Å². The summed E-state index contributed by atoms with van der Waals surface area (Å²) in [5, 5.41) is 22.1. The topological polar surface area (TPSA) is 213 Å². The van der Waals surface area contributed by atoms with Crippen LogP contribution in [-0.2, 0) is 32.8 Å². The summed E-state index contributed by atoms with van der Waals surface area (Å²) >= 11 is 0. The number of fused-ring (bicyclic) bond motifs is 4. The molecule has 0 amide bonds. The number of rotatable bonds is 9. The van der Waals surface area contributed by atoms with Gasteiger partial charge < -0.3 is 71.7 Å². The molecule has 17 heteroatoms. The van der Waals surface area contributed by atoms with Crippen LogP contribution >= 0.6 is 7.82 Å². The third-order valence-electron chi connectivity index (χ3n) is 9.55. The number of hydrogen-bond acceptors (Lipinski definition) is 16. The van der Waals surface area contributed by atoms with Crippen LogP contribution < -0.4 is 33.5 Å². The molecule has 2 aromatic rings. The first-order chi connectivity index (χ1) is 23.0. The van der Waals surface area contributed by atoms with Crippen molar-refractivity contribution >= 4 is 13.6 Å². The Kier molecular flexibility index (Phi) is 9.08. The molecule has 16 nitrogen and oxygen atoms in total. The first kappa shape index (κ1) is 33.5. The van der Waals surface area contributed by atoms with Gasteiger partial charge in [-0.05, 0) is 54.3 Å². The van der Waals surface area contributed by atoms with E-state index in [0.29, 0.717) is 34.6 Å². The van der Waals surface area contributed by atoms with E-state index in [4.69, 9.17) is 42.6 Å². The first-order valence-corrected chi connectivity index (χ1v) is 16.9. The average molecular weight is 695 g/mol. The van der Waals surface area contributed by atoms with Crippen LogP contribution in [-0.4, -0.2) is 87.4 Å². The Morgan fingerprint density at radius 1 is 0.979 bits per heavy atom. The van der Waals surface area contributed by atoms with E-state index < -0.39 is 69.6 Å². The van der Waals surface area contributed by atoms with Gasteiger partial charge in [0.05, 0.1) is 34.8 Å². The minimum absolute atomic E-state index is 0.00621. The molecule has 2 N–H and O–H groups in total. The molecule has 0 radical (unpaired) electrons. The number of aliphatic hydroxyl groups excluding tert-OH is 2. The van der Waals surface area contributed by atoms with Crippen molar-refractivity contribution < 1.29 is 76.5 Å². The molecule has 0 spiro atoms. The molecule has 6 unspecified atom stereocenters. The maximum atomic E-state index is 13.8. The van der Waals surface area contributed by atoms with Crippen molar-refractivity contribution in [3.8, 4) is 28.7 Å². The number of methoxy groups -OCH3 is 2. The molecule has 2 aromatic carbocycles. The van der Waals surface area contributed by atoms with Crippen molar-refractivity contribution in [2.75, 3.05) is 34.4 Å². The van der Waals surface area contributed by atoms with Crippen molar-refractivity contribution in [3.63, 3.8) is 0 Å². The van der Waals surface area contributed by atoms with Crippen molar-refractivity contribution in [2.24, 2.45) is 11.8 Å². The van der Waals surface area contributed by atoms with E-state index in [2.05, 4.69) is 4.52 Å². The second-order valence-corrected chi connectivity index (χ2v) is 13.3. The summed E-state index contributed by atoms with van der Waals surface area (Å²) in [5.74, 6) is -0.376. The molecule has 2 saturated heterocycles. The Morgan fingerprint density at radius 3 is 2.33 bits per heavy atom. The lowest BCUT2D eigenvalue weighted by Gasteiger charge is -2.48. The molecule has 10 atom stereocenters. The molecule has 5 aliphatic rings. The molecule has 7 rings (SSSR count). The van der Waals surface area contributed by atoms with E-state index in [1.807, 2.05) is 0 Å². The molecule has 48 heavy (non-hydrogen) atoms. The quantitative estimate of drug-likeness (QED) is 0.272. The molecule has 2 aliphatic carbocycles. The highest BCUT2D eigenvalue weighted by Gasteiger charge is 2.54. The highest BCUT2D eigenvalue weighted by molar-refractivity contribution is 7.43. The van der Waals surface area contributed by atoms with Gasteiger partial charge in [0.2, 0.25) is 12.5 Å². The zero-order chi connectivity index (χ0) is 33.9. The van der Waals surface area contributed by atoms with E-state index in [-0.39, 0.29) is 48.8 Å². The molecule has 262 valence electrons. The van der Waals surface area contributed by atoms with Crippen LogP contribution in [0.1, 0.15) is 48.5 Å². The number of ketones is 1. The third kappa shape index (κ3) is 6.04. The van der Waals surface area contributed by atoms with Crippen LogP contribution in [0.25, 0.3) is 0 Å². The third-order valence-corrected chi connectivity index (χ3v) is 9.97. The van der Waals surface area contributed by atoms with E-state index in [0.717, 1.165) is 0 Å². The molecular formula is C31H35O16P-2. The highest BCUT2D eigenvalue weighted by Crippen LogP contribution is 2.58. The van der Waals surface area contributed by atoms with Crippen LogP contribution in [0.4, 0.5) is 0 Å². The monoisotopic (exact) mass is 694 g/mol. The Morgan fingerprint density at radius 2 is 1.67 bits per heavy atom. The number of aliphatic hydroxyl groups is 2. The predicted molar refractivity (Wildman–Crippen MR) is 154 cm³/mol. The van der Waals surface area contributed by atoms with Crippen molar-refractivity contribution in [3.05, 3.63) is 41.0 Å². The lowest BCUT2D eigenvalue weighted by molar-refractivity contribution is -0.364. The molecular weight excluding hydrogens is 659 g/mol. The molecule has 3 heterocycles. The fraction of sp³-hybridized carbons (Fsp3) is 0.581. The zero-order valence-corrected chi connectivity index (χ0v) is 27.1. The smallest absolute Gasteiger partial charge is 0.231 e. The summed E-state index contributed by atoms with van der Waals surface area (Å²) < 4.78 is 67.1. The fourth-order valence-corrected chi connectivity index (χ4v) is 7.65. The summed E-state index contributed by atoms with van der Waals surface area (Å²) in [5.41, 5.74) is 1.96. The predicted octanol–water partition coefficient (Wildman–Crippen LogP) is 0.621. The summed E-state index contributed by atoms with van der Waals surface area (Å²) in [6, 6.07) is 6.88. The number of Topliss-reactive ketones (excluding diaryl/α,β-unsaturated/α-hetero) is 1. The Hall–Kier alpha value is -3.02. The summed E-state index contributed by atoms with van der Waals surface area (Å²) in [7, 11) is -2.57. The summed E-state index contributed by atoms with van der Waals surface area (Å²) in [4.78, 5) is 35.7. The normalized spacial score (nSPS) is 33.9. The van der Waals surface area contributed by atoms with Gasteiger partial charge in [-0.3, -0.25) is 4.79 Å². The minimum Gasteiger partial charge on any atom is -0.790 e. The van der Waals surface area contributed by atoms with Gasteiger partial charge in [-0.15, -0.1) is 0 Å². The second-order valence-electron chi connectivity index (χ2n) is 12.2. The van der Waals surface area contributed by atoms with Gasteiger partial charge in [0, 0.05) is 24.2 Å². The van der Waals surface area contributed by atoms with Crippen molar-refractivity contribution in [2.45, 2.75) is 68.8 Å². The first-order valence-electron chi connectivity index (χ1n) is 15.4. The van der Waals surface area contributed by atoms with E-state index in [9.17, 15) is 29.4 Å². The van der Waals surface area contributed by atoms with Gasteiger partial charge >= 0.3 is 0 Å². The molecule has 3 aliphatic heterocycles. The van der Waals surface area contributed by atoms with E-state index in [1.165, 1.54) is 14.2 Å². The Labute approximate surface area is 274 Å². The number of carbonyl (C=O) groups excluding carboxylic acids is 1. The van der Waals surface area contributed by atoms with Gasteiger partial charge in [-0.1, -0.05) is 0 Å². The lowest BCUT2D eigenvalue weighted by atomic mass is 9.66. The van der Waals surface area contributed by atoms with Gasteiger partial charge in [0.1, 0.15) is 30.2 Å². The van der Waals surface area contributed by atoms with Gasteiger partial charge in [0.15, 0.2) is 42.4 Å². The summed E-state index contributed by atoms with van der Waals surface area (Å²) in [6.07, 6.45) is -6.14. The van der Waals surface area contributed by atoms with Crippen LogP contribution in [0.5, 0.6) is 28.7 Å². The minimum atomic E-state index is -5.31. The van der Waals surface area contributed by atoms with Gasteiger partial charge in [0.25, 0.3) is 0 Å². The molecule has 0 bridgehead atoms. The number of phosphoric acid groups is 1. The number of carbonyl (C=O) groups is 1. The SMILES string of the molecule is COc1cc([C@@H]2c3cc4c(cc3C(OC3O[C@@H]5COC(C)OC5C(O)C3O)[C@H]3CCC(=O)[C@H]23)OCO4)cc(OC)c1OCOP(=O)([O-])[O-]. The van der Waals surface area contributed by atoms with Crippen LogP contribution in [0.2, 0.25) is 0 Å². The van der Waals surface area contributed by atoms with E-state index in [1.54, 1.807) is 31.2 Å². The summed E-state index contributed by atoms with van der Waals surface area (Å²) in [6.45, 7) is 0.909. The number of phosphoric ester groups is 1. The molecule has 3 fully saturated rings. The molecule has 1 saturated carbocycles. The average Bonchev–Trinajstić information content (AvgIpc) is 3.68. The van der Waals surface area contributed by atoms with Crippen molar-refractivity contribution in [1.82, 2.24) is 0 Å². The maximum absolute atomic E-state index is 13.8. The largest absolute Gasteiger partial charge is 0.790 e. The van der Waals surface area contributed by atoms with Crippen LogP contribution in [0.3, 0.4) is 0 Å². The van der Waals surface area contributed by atoms with Crippen molar-refractivity contribution in [1.29, 1.82) is 0 Å². The van der Waals surface area contributed by atoms with Gasteiger partial charge in [-0.25, -0.2) is 0 Å².